The molecular weight excluding hydrogens is 318 g/mol. The summed E-state index contributed by atoms with van der Waals surface area (Å²) in [4.78, 5) is 10.3. The Kier molecular flexibility index (Phi) is 4.62. The first-order valence-electron chi connectivity index (χ1n) is 6.15. The van der Waals surface area contributed by atoms with Gasteiger partial charge in [-0.2, -0.15) is 0 Å². The average Bonchev–Trinajstić information content (AvgIpc) is 2.34. The summed E-state index contributed by atoms with van der Waals surface area (Å²) < 4.78 is 0.811. The molecule has 0 saturated heterocycles. The number of benzene rings is 1. The van der Waals surface area contributed by atoms with Crippen LogP contribution in [0.15, 0.2) is 22.7 Å². The molecule has 0 aliphatic heterocycles. The highest BCUT2D eigenvalue weighted by molar-refractivity contribution is 9.10. The van der Waals surface area contributed by atoms with Crippen molar-refractivity contribution in [3.05, 3.63) is 38.3 Å². The molecule has 2 rings (SSSR count). The molecule has 1 aromatic rings. The minimum absolute atomic E-state index is 0.122. The molecule has 1 aromatic carbocycles. The molecule has 0 heterocycles. The number of non-ortho nitro benzene ring substituents is 1. The van der Waals surface area contributed by atoms with Crippen molar-refractivity contribution in [1.29, 1.82) is 0 Å². The maximum absolute atomic E-state index is 10.7. The standard InChI is InChI=1S/C13H15BrClNO2/c14-12-8-11(16(17)18)6-5-9(12)7-10-3-1-2-4-13(10)15/h5-6,8,10,13H,1-4,7H2. The van der Waals surface area contributed by atoms with Crippen molar-refractivity contribution in [2.45, 2.75) is 37.5 Å². The maximum Gasteiger partial charge on any atom is 0.270 e. The van der Waals surface area contributed by atoms with E-state index in [1.165, 1.54) is 12.8 Å². The summed E-state index contributed by atoms with van der Waals surface area (Å²) in [6.07, 6.45) is 5.58. The zero-order chi connectivity index (χ0) is 13.1. The zero-order valence-corrected chi connectivity index (χ0v) is 12.3. The summed E-state index contributed by atoms with van der Waals surface area (Å²) in [7, 11) is 0. The Morgan fingerprint density at radius 1 is 1.39 bits per heavy atom. The van der Waals surface area contributed by atoms with Crippen molar-refractivity contribution in [3.63, 3.8) is 0 Å². The van der Waals surface area contributed by atoms with E-state index in [2.05, 4.69) is 15.9 Å². The lowest BCUT2D eigenvalue weighted by Crippen LogP contribution is -2.21. The van der Waals surface area contributed by atoms with Crippen LogP contribution in [0.3, 0.4) is 0 Å². The summed E-state index contributed by atoms with van der Waals surface area (Å²) in [5.41, 5.74) is 1.23. The fourth-order valence-electron chi connectivity index (χ4n) is 2.49. The lowest BCUT2D eigenvalue weighted by atomic mass is 9.84. The number of alkyl halides is 1. The molecule has 0 aromatic heterocycles. The number of nitro benzene ring substituents is 1. The van der Waals surface area contributed by atoms with Crippen LogP contribution in [0.25, 0.3) is 0 Å². The second kappa shape index (κ2) is 6.02. The van der Waals surface area contributed by atoms with Crippen LogP contribution in [-0.4, -0.2) is 10.3 Å². The average molecular weight is 333 g/mol. The summed E-state index contributed by atoms with van der Waals surface area (Å²) in [5.74, 6) is 0.484. The van der Waals surface area contributed by atoms with E-state index >= 15 is 0 Å². The molecule has 1 aliphatic rings. The van der Waals surface area contributed by atoms with Crippen LogP contribution in [0.5, 0.6) is 0 Å². The summed E-state index contributed by atoms with van der Waals surface area (Å²) >= 11 is 9.76. The van der Waals surface area contributed by atoms with Gasteiger partial charge in [0.25, 0.3) is 5.69 Å². The lowest BCUT2D eigenvalue weighted by Gasteiger charge is -2.27. The Morgan fingerprint density at radius 3 is 2.72 bits per heavy atom. The number of hydrogen-bond donors (Lipinski definition) is 0. The van der Waals surface area contributed by atoms with Crippen molar-refractivity contribution in [2.75, 3.05) is 0 Å². The molecule has 2 atom stereocenters. The van der Waals surface area contributed by atoms with Crippen LogP contribution >= 0.6 is 27.5 Å². The molecule has 18 heavy (non-hydrogen) atoms. The highest BCUT2D eigenvalue weighted by Gasteiger charge is 2.24. The minimum Gasteiger partial charge on any atom is -0.258 e. The molecule has 1 aliphatic carbocycles. The lowest BCUT2D eigenvalue weighted by molar-refractivity contribution is -0.384. The topological polar surface area (TPSA) is 43.1 Å². The predicted octanol–water partition coefficient (Wildman–Crippen LogP) is 4.70. The van der Waals surface area contributed by atoms with E-state index in [4.69, 9.17) is 11.6 Å². The molecule has 5 heteroatoms. The number of nitrogens with zero attached hydrogens (tertiary/aromatic N) is 1. The Labute approximate surface area is 120 Å². The predicted molar refractivity (Wildman–Crippen MR) is 76.1 cm³/mol. The monoisotopic (exact) mass is 331 g/mol. The van der Waals surface area contributed by atoms with Gasteiger partial charge in [-0.1, -0.05) is 34.8 Å². The zero-order valence-electron chi connectivity index (χ0n) is 9.94. The third kappa shape index (κ3) is 3.23. The van der Waals surface area contributed by atoms with Crippen molar-refractivity contribution in [1.82, 2.24) is 0 Å². The number of nitro groups is 1. The number of halogens is 2. The van der Waals surface area contributed by atoms with Crippen molar-refractivity contribution in [3.8, 4) is 0 Å². The second-order valence-corrected chi connectivity index (χ2v) is 6.21. The summed E-state index contributed by atoms with van der Waals surface area (Å²) in [5, 5.41) is 10.9. The van der Waals surface area contributed by atoms with Crippen LogP contribution in [0.4, 0.5) is 5.69 Å². The van der Waals surface area contributed by atoms with E-state index in [1.807, 2.05) is 6.07 Å². The molecule has 3 nitrogen and oxygen atoms in total. The van der Waals surface area contributed by atoms with Gasteiger partial charge in [-0.05, 0) is 30.7 Å². The number of hydrogen-bond acceptors (Lipinski definition) is 2. The van der Waals surface area contributed by atoms with Gasteiger partial charge in [0.05, 0.1) is 4.92 Å². The van der Waals surface area contributed by atoms with E-state index in [0.29, 0.717) is 5.92 Å². The molecule has 0 N–H and O–H groups in total. The minimum atomic E-state index is -0.375. The fourth-order valence-corrected chi connectivity index (χ4v) is 3.39. The second-order valence-electron chi connectivity index (χ2n) is 4.80. The van der Waals surface area contributed by atoms with Crippen molar-refractivity contribution < 1.29 is 4.92 Å². The number of rotatable bonds is 3. The van der Waals surface area contributed by atoms with Gasteiger partial charge in [0.2, 0.25) is 0 Å². The Hall–Kier alpha value is -0.610. The van der Waals surface area contributed by atoms with Gasteiger partial charge in [0.15, 0.2) is 0 Å². The van der Waals surface area contributed by atoms with Gasteiger partial charge in [-0.25, -0.2) is 0 Å². The molecule has 0 radical (unpaired) electrons. The first-order chi connectivity index (χ1) is 8.58. The molecule has 0 amide bonds. The van der Waals surface area contributed by atoms with E-state index in [-0.39, 0.29) is 16.0 Å². The van der Waals surface area contributed by atoms with Crippen molar-refractivity contribution in [2.24, 2.45) is 5.92 Å². The van der Waals surface area contributed by atoms with Crippen LogP contribution in [-0.2, 0) is 6.42 Å². The van der Waals surface area contributed by atoms with Gasteiger partial charge in [-0.3, -0.25) is 10.1 Å². The molecule has 1 saturated carbocycles. The van der Waals surface area contributed by atoms with Gasteiger partial charge < -0.3 is 0 Å². The molecule has 0 bridgehead atoms. The molecule has 2 unspecified atom stereocenters. The first-order valence-corrected chi connectivity index (χ1v) is 7.38. The molecule has 0 spiro atoms. The van der Waals surface area contributed by atoms with Crippen LogP contribution in [0, 0.1) is 16.0 Å². The Morgan fingerprint density at radius 2 is 2.11 bits per heavy atom. The van der Waals surface area contributed by atoms with Gasteiger partial charge in [0, 0.05) is 22.0 Å². The summed E-state index contributed by atoms with van der Waals surface area (Å²) in [6.45, 7) is 0. The molecule has 98 valence electrons. The highest BCUT2D eigenvalue weighted by Crippen LogP contribution is 2.33. The fraction of sp³-hybridized carbons (Fsp3) is 0.538. The Balaban J connectivity index is 2.11. The molecular formula is C13H15BrClNO2. The smallest absolute Gasteiger partial charge is 0.258 e. The third-order valence-corrected chi connectivity index (χ3v) is 4.86. The van der Waals surface area contributed by atoms with Crippen LogP contribution in [0.1, 0.15) is 31.2 Å². The largest absolute Gasteiger partial charge is 0.270 e. The Bertz CT molecular complexity index is 453. The highest BCUT2D eigenvalue weighted by atomic mass is 79.9. The summed E-state index contributed by atoms with van der Waals surface area (Å²) in [6, 6.07) is 4.97. The quantitative estimate of drug-likeness (QED) is 0.457. The van der Waals surface area contributed by atoms with E-state index < -0.39 is 0 Å². The van der Waals surface area contributed by atoms with E-state index in [1.54, 1.807) is 12.1 Å². The van der Waals surface area contributed by atoms with E-state index in [9.17, 15) is 10.1 Å². The van der Waals surface area contributed by atoms with Gasteiger partial charge in [-0.15, -0.1) is 11.6 Å². The normalized spacial score (nSPS) is 23.9. The van der Waals surface area contributed by atoms with E-state index in [0.717, 1.165) is 29.3 Å². The molecule has 1 fully saturated rings. The van der Waals surface area contributed by atoms with Gasteiger partial charge >= 0.3 is 0 Å². The third-order valence-electron chi connectivity index (χ3n) is 3.55. The maximum atomic E-state index is 10.7. The van der Waals surface area contributed by atoms with Crippen LogP contribution < -0.4 is 0 Å². The van der Waals surface area contributed by atoms with Crippen molar-refractivity contribution >= 4 is 33.2 Å². The van der Waals surface area contributed by atoms with Crippen LogP contribution in [0.2, 0.25) is 0 Å². The SMILES string of the molecule is O=[N+]([O-])c1ccc(CC2CCCCC2Cl)c(Br)c1. The van der Waals surface area contributed by atoms with Gasteiger partial charge in [0.1, 0.15) is 0 Å². The first kappa shape index (κ1) is 13.8.